The fourth-order valence-electron chi connectivity index (χ4n) is 4.85. The van der Waals surface area contributed by atoms with E-state index in [1.165, 1.54) is 24.0 Å². The van der Waals surface area contributed by atoms with Crippen molar-refractivity contribution in [1.82, 2.24) is 9.97 Å². The highest BCUT2D eigenvalue weighted by atomic mass is 15.2. The molecule has 1 fully saturated rings. The Morgan fingerprint density at radius 3 is 2.56 bits per heavy atom. The van der Waals surface area contributed by atoms with E-state index in [4.69, 9.17) is 15.7 Å². The molecule has 0 spiro atoms. The summed E-state index contributed by atoms with van der Waals surface area (Å²) in [5.74, 6) is 3.12. The quantitative estimate of drug-likeness (QED) is 0.507. The lowest BCUT2D eigenvalue weighted by atomic mass is 9.87. The normalized spacial score (nSPS) is 16.9. The van der Waals surface area contributed by atoms with E-state index in [9.17, 15) is 5.26 Å². The Bertz CT molecular complexity index is 975. The summed E-state index contributed by atoms with van der Waals surface area (Å²) in [4.78, 5) is 12.5. The number of hydrogen-bond donors (Lipinski definition) is 1. The Balaban J connectivity index is 2.15. The van der Waals surface area contributed by atoms with E-state index in [0.717, 1.165) is 67.6 Å². The van der Waals surface area contributed by atoms with Crippen LogP contribution in [0.5, 0.6) is 0 Å². The SMILES string of the molecule is CCCc1c(Cc2c([C@@H](C)CC)ccc(N)c2C#N)nc(CC)nc1N1CCC(CC)C1. The molecule has 172 valence electrons. The molecule has 0 bridgehead atoms. The van der Waals surface area contributed by atoms with Crippen molar-refractivity contribution in [1.29, 1.82) is 5.26 Å². The first-order valence-corrected chi connectivity index (χ1v) is 12.4. The van der Waals surface area contributed by atoms with E-state index in [1.54, 1.807) is 0 Å². The van der Waals surface area contributed by atoms with Crippen LogP contribution in [0, 0.1) is 17.2 Å². The van der Waals surface area contributed by atoms with Gasteiger partial charge in [0.05, 0.1) is 11.3 Å². The van der Waals surface area contributed by atoms with Crippen LogP contribution in [0.4, 0.5) is 11.5 Å². The number of nitrogens with zero attached hydrogens (tertiary/aromatic N) is 4. The summed E-state index contributed by atoms with van der Waals surface area (Å²) in [6.45, 7) is 13.2. The molecule has 0 saturated carbocycles. The zero-order valence-corrected chi connectivity index (χ0v) is 20.5. The Kier molecular flexibility index (Phi) is 8.12. The van der Waals surface area contributed by atoms with Gasteiger partial charge in [0.1, 0.15) is 17.7 Å². The van der Waals surface area contributed by atoms with Gasteiger partial charge in [0.15, 0.2) is 0 Å². The third-order valence-corrected chi connectivity index (χ3v) is 7.08. The maximum absolute atomic E-state index is 9.94. The molecule has 2 heterocycles. The second-order valence-corrected chi connectivity index (χ2v) is 9.20. The van der Waals surface area contributed by atoms with Gasteiger partial charge in [-0.25, -0.2) is 9.97 Å². The van der Waals surface area contributed by atoms with Crippen LogP contribution in [0.15, 0.2) is 12.1 Å². The van der Waals surface area contributed by atoms with Gasteiger partial charge in [0, 0.05) is 37.2 Å². The smallest absolute Gasteiger partial charge is 0.135 e. The largest absolute Gasteiger partial charge is 0.398 e. The van der Waals surface area contributed by atoms with E-state index in [0.29, 0.717) is 23.6 Å². The number of aryl methyl sites for hydroxylation is 1. The lowest BCUT2D eigenvalue weighted by Crippen LogP contribution is -2.24. The summed E-state index contributed by atoms with van der Waals surface area (Å²) in [5, 5.41) is 9.94. The molecule has 0 radical (unpaired) electrons. The summed E-state index contributed by atoms with van der Waals surface area (Å²) in [6.07, 6.45) is 6.89. The summed E-state index contributed by atoms with van der Waals surface area (Å²) in [5.41, 5.74) is 12.0. The van der Waals surface area contributed by atoms with Gasteiger partial charge in [-0.1, -0.05) is 53.5 Å². The van der Waals surface area contributed by atoms with Crippen LogP contribution < -0.4 is 10.6 Å². The zero-order valence-electron chi connectivity index (χ0n) is 20.5. The number of rotatable bonds is 9. The molecule has 1 aromatic carbocycles. The fraction of sp³-hybridized carbons (Fsp3) is 0.593. The van der Waals surface area contributed by atoms with Gasteiger partial charge in [-0.2, -0.15) is 5.26 Å². The van der Waals surface area contributed by atoms with Crippen molar-refractivity contribution < 1.29 is 0 Å². The van der Waals surface area contributed by atoms with Crippen LogP contribution in [0.25, 0.3) is 0 Å². The maximum Gasteiger partial charge on any atom is 0.135 e. The molecule has 1 aliphatic heterocycles. The summed E-state index contributed by atoms with van der Waals surface area (Å²) in [6, 6.07) is 6.38. The molecule has 1 saturated heterocycles. The van der Waals surface area contributed by atoms with Crippen molar-refractivity contribution in [3.05, 3.63) is 45.9 Å². The Hall–Kier alpha value is -2.61. The minimum atomic E-state index is 0.364. The molecular weight excluding hydrogens is 394 g/mol. The van der Waals surface area contributed by atoms with E-state index in [1.807, 2.05) is 6.07 Å². The molecule has 2 atom stereocenters. The second kappa shape index (κ2) is 10.8. The van der Waals surface area contributed by atoms with Crippen LogP contribution in [0.1, 0.15) is 100.0 Å². The lowest BCUT2D eigenvalue weighted by Gasteiger charge is -2.24. The molecule has 0 amide bonds. The van der Waals surface area contributed by atoms with Gasteiger partial charge >= 0.3 is 0 Å². The molecule has 2 aromatic rings. The first-order chi connectivity index (χ1) is 15.5. The molecule has 5 heteroatoms. The number of nitrogens with two attached hydrogens (primary N) is 1. The number of nitrogen functional groups attached to an aromatic ring is 1. The van der Waals surface area contributed by atoms with Gasteiger partial charge in [-0.15, -0.1) is 0 Å². The average Bonchev–Trinajstić information content (AvgIpc) is 3.29. The van der Waals surface area contributed by atoms with Gasteiger partial charge < -0.3 is 10.6 Å². The molecule has 0 aliphatic carbocycles. The molecule has 1 aromatic heterocycles. The van der Waals surface area contributed by atoms with Gasteiger partial charge in [-0.3, -0.25) is 0 Å². The van der Waals surface area contributed by atoms with Crippen molar-refractivity contribution in [3.63, 3.8) is 0 Å². The number of nitriles is 1. The van der Waals surface area contributed by atoms with E-state index in [2.05, 4.69) is 51.7 Å². The summed E-state index contributed by atoms with van der Waals surface area (Å²) < 4.78 is 0. The summed E-state index contributed by atoms with van der Waals surface area (Å²) in [7, 11) is 0. The molecular formula is C27H39N5. The first-order valence-electron chi connectivity index (χ1n) is 12.4. The second-order valence-electron chi connectivity index (χ2n) is 9.20. The highest BCUT2D eigenvalue weighted by molar-refractivity contribution is 5.62. The van der Waals surface area contributed by atoms with Crippen LogP contribution in [-0.2, 0) is 19.3 Å². The van der Waals surface area contributed by atoms with Gasteiger partial charge in [0.25, 0.3) is 0 Å². The maximum atomic E-state index is 9.94. The highest BCUT2D eigenvalue weighted by Crippen LogP contribution is 2.34. The molecule has 1 unspecified atom stereocenters. The van der Waals surface area contributed by atoms with Crippen molar-refractivity contribution in [3.8, 4) is 6.07 Å². The number of benzene rings is 1. The molecule has 5 nitrogen and oxygen atoms in total. The number of aromatic nitrogens is 2. The van der Waals surface area contributed by atoms with Crippen LogP contribution in [0.2, 0.25) is 0 Å². The topological polar surface area (TPSA) is 78.8 Å². The van der Waals surface area contributed by atoms with Crippen molar-refractivity contribution in [2.75, 3.05) is 23.7 Å². The first kappa shape index (κ1) is 24.0. The zero-order chi connectivity index (χ0) is 23.3. The van der Waals surface area contributed by atoms with Crippen LogP contribution in [-0.4, -0.2) is 23.1 Å². The molecule has 3 rings (SSSR count). The molecule has 32 heavy (non-hydrogen) atoms. The Labute approximate surface area is 194 Å². The standard InChI is InChI=1S/C27H39N5/c1-6-10-21-25(15-22-20(18(5)7-2)11-12-24(29)23(22)16-28)30-26(9-4)31-27(21)32-14-13-19(8-3)17-32/h11-12,18-19H,6-10,13-15,17,29H2,1-5H3/t18-,19?/m0/s1. The van der Waals surface area contributed by atoms with Crippen molar-refractivity contribution in [2.24, 2.45) is 5.92 Å². The number of hydrogen-bond acceptors (Lipinski definition) is 5. The Morgan fingerprint density at radius 2 is 1.97 bits per heavy atom. The van der Waals surface area contributed by atoms with Gasteiger partial charge in [0.2, 0.25) is 0 Å². The third-order valence-electron chi connectivity index (χ3n) is 7.08. The number of anilines is 2. The lowest BCUT2D eigenvalue weighted by molar-refractivity contribution is 0.568. The van der Waals surface area contributed by atoms with Crippen molar-refractivity contribution in [2.45, 2.75) is 85.5 Å². The minimum Gasteiger partial charge on any atom is -0.398 e. The van der Waals surface area contributed by atoms with E-state index >= 15 is 0 Å². The van der Waals surface area contributed by atoms with Gasteiger partial charge in [-0.05, 0) is 48.3 Å². The average molecular weight is 434 g/mol. The summed E-state index contributed by atoms with van der Waals surface area (Å²) >= 11 is 0. The van der Waals surface area contributed by atoms with E-state index < -0.39 is 0 Å². The third kappa shape index (κ3) is 4.90. The Morgan fingerprint density at radius 1 is 1.19 bits per heavy atom. The highest BCUT2D eigenvalue weighted by Gasteiger charge is 2.27. The monoisotopic (exact) mass is 433 g/mol. The van der Waals surface area contributed by atoms with Crippen molar-refractivity contribution >= 4 is 11.5 Å². The predicted molar refractivity (Wildman–Crippen MR) is 133 cm³/mol. The van der Waals surface area contributed by atoms with Crippen LogP contribution >= 0.6 is 0 Å². The van der Waals surface area contributed by atoms with Crippen LogP contribution in [0.3, 0.4) is 0 Å². The fourth-order valence-corrected chi connectivity index (χ4v) is 4.85. The minimum absolute atomic E-state index is 0.364. The predicted octanol–water partition coefficient (Wildman–Crippen LogP) is 5.79. The molecule has 2 N–H and O–H groups in total. The van der Waals surface area contributed by atoms with E-state index in [-0.39, 0.29) is 0 Å². The molecule has 1 aliphatic rings.